The Morgan fingerprint density at radius 2 is 1.91 bits per heavy atom. The zero-order chi connectivity index (χ0) is 24.5. The molecule has 2 aromatic carbocycles. The Morgan fingerprint density at radius 1 is 1.15 bits per heavy atom. The minimum absolute atomic E-state index is 0.171. The number of aromatic nitrogens is 2. The van der Waals surface area contributed by atoms with E-state index in [1.54, 1.807) is 16.7 Å². The van der Waals surface area contributed by atoms with Crippen LogP contribution in [0.15, 0.2) is 42.5 Å². The zero-order valence-electron chi connectivity index (χ0n) is 19.3. The van der Waals surface area contributed by atoms with Crippen LogP contribution in [0.2, 0.25) is 0 Å². The predicted molar refractivity (Wildman–Crippen MR) is 128 cm³/mol. The Morgan fingerprint density at radius 3 is 2.59 bits per heavy atom. The van der Waals surface area contributed by atoms with Gasteiger partial charge in [-0.2, -0.15) is 0 Å². The molecule has 3 aromatic rings. The summed E-state index contributed by atoms with van der Waals surface area (Å²) in [5, 5.41) is 5.54. The fourth-order valence-electron chi connectivity index (χ4n) is 3.46. The summed E-state index contributed by atoms with van der Waals surface area (Å²) in [5.74, 6) is -0.0367. The first-order chi connectivity index (χ1) is 16.4. The second kappa shape index (κ2) is 11.7. The molecule has 3 rings (SSSR count). The summed E-state index contributed by atoms with van der Waals surface area (Å²) < 4.78 is 12.5. The van der Waals surface area contributed by atoms with E-state index in [0.29, 0.717) is 55.1 Å². The molecule has 1 aromatic heterocycles. The average Bonchev–Trinajstić information content (AvgIpc) is 3.17. The minimum atomic E-state index is -0.607. The van der Waals surface area contributed by atoms with E-state index in [9.17, 15) is 14.4 Å². The molecule has 0 saturated heterocycles. The van der Waals surface area contributed by atoms with Crippen LogP contribution >= 0.6 is 0 Å². The van der Waals surface area contributed by atoms with Gasteiger partial charge in [0.1, 0.15) is 17.9 Å². The van der Waals surface area contributed by atoms with E-state index in [-0.39, 0.29) is 18.1 Å². The number of aryl methyl sites for hydroxylation is 1. The number of fused-ring (bicyclic) bond motifs is 1. The molecule has 4 N–H and O–H groups in total. The predicted octanol–water partition coefficient (Wildman–Crippen LogP) is 3.20. The van der Waals surface area contributed by atoms with Gasteiger partial charge in [0.25, 0.3) is 0 Å². The molecule has 0 bridgehead atoms. The number of imidazole rings is 1. The lowest BCUT2D eigenvalue weighted by molar-refractivity contribution is -0.116. The molecule has 0 spiro atoms. The summed E-state index contributed by atoms with van der Waals surface area (Å²) in [6.07, 6.45) is 1.06. The molecule has 0 radical (unpaired) electrons. The summed E-state index contributed by atoms with van der Waals surface area (Å²) in [6, 6.07) is 12.5. The third-order valence-electron chi connectivity index (χ3n) is 5.08. The number of nitrogens with one attached hydrogen (secondary N) is 2. The summed E-state index contributed by atoms with van der Waals surface area (Å²) >= 11 is 0. The van der Waals surface area contributed by atoms with E-state index in [4.69, 9.17) is 15.2 Å². The number of methoxy groups -OCH3 is 1. The summed E-state index contributed by atoms with van der Waals surface area (Å²) in [7, 11) is 1.48. The second-order valence-corrected chi connectivity index (χ2v) is 7.64. The van der Waals surface area contributed by atoms with Crippen molar-refractivity contribution >= 4 is 34.9 Å². The van der Waals surface area contributed by atoms with Crippen molar-refractivity contribution in [3.63, 3.8) is 0 Å². The smallest absolute Gasteiger partial charge is 0.407 e. The van der Waals surface area contributed by atoms with Gasteiger partial charge in [-0.05, 0) is 30.5 Å². The summed E-state index contributed by atoms with van der Waals surface area (Å²) in [6.45, 7) is 2.86. The molecule has 1 heterocycles. The molecule has 10 heteroatoms. The Balaban J connectivity index is 1.71. The van der Waals surface area contributed by atoms with E-state index in [2.05, 4.69) is 15.6 Å². The van der Waals surface area contributed by atoms with Crippen molar-refractivity contribution in [2.75, 3.05) is 19.0 Å². The second-order valence-electron chi connectivity index (χ2n) is 7.64. The van der Waals surface area contributed by atoms with Gasteiger partial charge in [-0.1, -0.05) is 37.3 Å². The fourth-order valence-corrected chi connectivity index (χ4v) is 3.46. The van der Waals surface area contributed by atoms with Crippen LogP contribution in [0.5, 0.6) is 5.75 Å². The highest BCUT2D eigenvalue weighted by Gasteiger charge is 2.19. The standard InChI is InChI=1S/C24H29N5O5/c1-3-8-20(30)28-23-27-18-13-17(22(25)31)14-19(33-2)21(18)29(23)12-7-11-26-24(32)34-15-16-9-5-4-6-10-16/h4-6,9-10,13-14H,3,7-8,11-12,15H2,1-2H3,(H2,25,31)(H,26,32)(H,27,28,30). The quantitative estimate of drug-likeness (QED) is 0.370. The lowest BCUT2D eigenvalue weighted by Crippen LogP contribution is -2.26. The van der Waals surface area contributed by atoms with Gasteiger partial charge in [0, 0.05) is 25.1 Å². The number of benzene rings is 2. The first-order valence-corrected chi connectivity index (χ1v) is 11.1. The Bertz CT molecular complexity index is 1160. The SMILES string of the molecule is CCCC(=O)Nc1nc2cc(C(N)=O)cc(OC)c2n1CCCNC(=O)OCc1ccccc1. The van der Waals surface area contributed by atoms with Crippen LogP contribution in [0.1, 0.15) is 42.1 Å². The van der Waals surface area contributed by atoms with E-state index >= 15 is 0 Å². The number of carbonyl (C=O) groups excluding carboxylic acids is 3. The van der Waals surface area contributed by atoms with Crippen molar-refractivity contribution in [1.29, 1.82) is 0 Å². The van der Waals surface area contributed by atoms with E-state index < -0.39 is 12.0 Å². The first-order valence-electron chi connectivity index (χ1n) is 11.1. The third kappa shape index (κ3) is 6.25. The van der Waals surface area contributed by atoms with Gasteiger partial charge in [0.05, 0.1) is 12.6 Å². The highest BCUT2D eigenvalue weighted by atomic mass is 16.5. The third-order valence-corrected chi connectivity index (χ3v) is 5.08. The maximum Gasteiger partial charge on any atom is 0.407 e. The molecule has 34 heavy (non-hydrogen) atoms. The summed E-state index contributed by atoms with van der Waals surface area (Å²) in [4.78, 5) is 40.4. The molecule has 0 atom stereocenters. The Kier molecular flexibility index (Phi) is 8.44. The molecule has 0 aliphatic heterocycles. The van der Waals surface area contributed by atoms with E-state index in [0.717, 1.165) is 5.56 Å². The fraction of sp³-hybridized carbons (Fsp3) is 0.333. The van der Waals surface area contributed by atoms with Gasteiger partial charge in [-0.15, -0.1) is 0 Å². The van der Waals surface area contributed by atoms with Gasteiger partial charge in [-0.25, -0.2) is 9.78 Å². The lowest BCUT2D eigenvalue weighted by Gasteiger charge is -2.13. The maximum absolute atomic E-state index is 12.2. The van der Waals surface area contributed by atoms with Gasteiger partial charge in [0.2, 0.25) is 17.8 Å². The van der Waals surface area contributed by atoms with Gasteiger partial charge >= 0.3 is 6.09 Å². The number of nitrogens with two attached hydrogens (primary N) is 1. The zero-order valence-corrected chi connectivity index (χ0v) is 19.3. The Labute approximate surface area is 197 Å². The molecular weight excluding hydrogens is 438 g/mol. The van der Waals surface area contributed by atoms with Gasteiger partial charge < -0.3 is 25.1 Å². The van der Waals surface area contributed by atoms with Crippen molar-refractivity contribution in [3.05, 3.63) is 53.6 Å². The van der Waals surface area contributed by atoms with Crippen LogP contribution in [-0.2, 0) is 22.7 Å². The first kappa shape index (κ1) is 24.6. The van der Waals surface area contributed by atoms with Crippen molar-refractivity contribution in [2.24, 2.45) is 5.73 Å². The molecule has 0 aliphatic rings. The molecular formula is C24H29N5O5. The lowest BCUT2D eigenvalue weighted by atomic mass is 10.1. The number of nitrogens with zero attached hydrogens (tertiary/aromatic N) is 2. The summed E-state index contributed by atoms with van der Waals surface area (Å²) in [5.41, 5.74) is 7.67. The molecule has 0 saturated carbocycles. The molecule has 0 unspecified atom stereocenters. The number of hydrogen-bond acceptors (Lipinski definition) is 6. The number of anilines is 1. The number of primary amides is 1. The normalized spacial score (nSPS) is 10.6. The van der Waals surface area contributed by atoms with Crippen LogP contribution in [0.4, 0.5) is 10.7 Å². The van der Waals surface area contributed by atoms with Crippen molar-refractivity contribution in [2.45, 2.75) is 39.3 Å². The average molecular weight is 468 g/mol. The van der Waals surface area contributed by atoms with Crippen LogP contribution in [-0.4, -0.2) is 41.1 Å². The number of rotatable bonds is 11. The van der Waals surface area contributed by atoms with Crippen LogP contribution in [0, 0.1) is 0 Å². The van der Waals surface area contributed by atoms with Crippen LogP contribution < -0.4 is 21.1 Å². The highest BCUT2D eigenvalue weighted by Crippen LogP contribution is 2.31. The molecule has 10 nitrogen and oxygen atoms in total. The van der Waals surface area contributed by atoms with E-state index in [1.165, 1.54) is 7.11 Å². The molecule has 3 amide bonds. The van der Waals surface area contributed by atoms with Crippen LogP contribution in [0.3, 0.4) is 0 Å². The molecule has 180 valence electrons. The van der Waals surface area contributed by atoms with E-state index in [1.807, 2.05) is 37.3 Å². The largest absolute Gasteiger partial charge is 0.494 e. The van der Waals surface area contributed by atoms with Crippen LogP contribution in [0.25, 0.3) is 11.0 Å². The maximum atomic E-state index is 12.2. The Hall–Kier alpha value is -4.08. The van der Waals surface area contributed by atoms with Gasteiger partial charge in [0.15, 0.2) is 0 Å². The highest BCUT2D eigenvalue weighted by molar-refractivity contribution is 5.99. The number of alkyl carbamates (subject to hydrolysis) is 1. The number of amides is 3. The van der Waals surface area contributed by atoms with Crippen molar-refractivity contribution in [1.82, 2.24) is 14.9 Å². The van der Waals surface area contributed by atoms with Crippen molar-refractivity contribution in [3.8, 4) is 5.75 Å². The minimum Gasteiger partial charge on any atom is -0.494 e. The number of hydrogen-bond donors (Lipinski definition) is 3. The monoisotopic (exact) mass is 467 g/mol. The van der Waals surface area contributed by atoms with Gasteiger partial charge in [-0.3, -0.25) is 14.9 Å². The topological polar surface area (TPSA) is 138 Å². The molecule has 0 aliphatic carbocycles. The van der Waals surface area contributed by atoms with Crippen molar-refractivity contribution < 1.29 is 23.9 Å². The number of ether oxygens (including phenoxy) is 2. The number of carbonyl (C=O) groups is 3. The molecule has 0 fully saturated rings.